The summed E-state index contributed by atoms with van der Waals surface area (Å²) in [4.78, 5) is 23.8. The quantitative estimate of drug-likeness (QED) is 0.820. The Morgan fingerprint density at radius 1 is 1.08 bits per heavy atom. The Bertz CT molecular complexity index is 700. The van der Waals surface area contributed by atoms with Crippen molar-refractivity contribution in [3.8, 4) is 5.75 Å². The molecule has 24 heavy (non-hydrogen) atoms. The molecule has 0 saturated heterocycles. The van der Waals surface area contributed by atoms with Crippen molar-refractivity contribution < 1.29 is 19.4 Å². The summed E-state index contributed by atoms with van der Waals surface area (Å²) >= 11 is 0. The van der Waals surface area contributed by atoms with Gasteiger partial charge in [-0.3, -0.25) is 9.59 Å². The van der Waals surface area contributed by atoms with E-state index >= 15 is 0 Å². The van der Waals surface area contributed by atoms with Gasteiger partial charge in [-0.15, -0.1) is 0 Å². The summed E-state index contributed by atoms with van der Waals surface area (Å²) in [5.74, 6) is -1.31. The first-order valence-electron chi connectivity index (χ1n) is 7.72. The van der Waals surface area contributed by atoms with Gasteiger partial charge in [-0.2, -0.15) is 0 Å². The number of carbonyl (C=O) groups excluding carboxylic acids is 1. The molecule has 0 bridgehead atoms. The Morgan fingerprint density at radius 3 is 2.33 bits per heavy atom. The van der Waals surface area contributed by atoms with E-state index in [2.05, 4.69) is 5.32 Å². The van der Waals surface area contributed by atoms with Crippen LogP contribution in [0.2, 0.25) is 0 Å². The van der Waals surface area contributed by atoms with E-state index in [1.165, 1.54) is 0 Å². The summed E-state index contributed by atoms with van der Waals surface area (Å²) in [6, 6.07) is 15.8. The molecule has 0 aliphatic carbocycles. The number of aliphatic carboxylic acids is 1. The van der Waals surface area contributed by atoms with E-state index in [0.717, 1.165) is 11.1 Å². The maximum atomic E-state index is 12.4. The van der Waals surface area contributed by atoms with Crippen LogP contribution >= 0.6 is 0 Å². The molecule has 126 valence electrons. The van der Waals surface area contributed by atoms with Crippen molar-refractivity contribution in [2.24, 2.45) is 5.92 Å². The van der Waals surface area contributed by atoms with E-state index < -0.39 is 17.9 Å². The van der Waals surface area contributed by atoms with Crippen LogP contribution < -0.4 is 10.1 Å². The highest BCUT2D eigenvalue weighted by Crippen LogP contribution is 2.23. The number of amides is 1. The number of rotatable bonds is 7. The Balaban J connectivity index is 2.17. The van der Waals surface area contributed by atoms with E-state index in [1.807, 2.05) is 48.5 Å². The SMILES string of the molecule is COc1ccccc1CC(=O)NC(c1ccccc1)C(C)C(=O)O. The highest BCUT2D eigenvalue weighted by molar-refractivity contribution is 5.81. The minimum Gasteiger partial charge on any atom is -0.496 e. The third-order valence-electron chi connectivity index (χ3n) is 3.91. The Labute approximate surface area is 141 Å². The van der Waals surface area contributed by atoms with Crippen molar-refractivity contribution in [2.45, 2.75) is 19.4 Å². The van der Waals surface area contributed by atoms with E-state index in [0.29, 0.717) is 5.75 Å². The summed E-state index contributed by atoms with van der Waals surface area (Å²) in [7, 11) is 1.55. The summed E-state index contributed by atoms with van der Waals surface area (Å²) < 4.78 is 5.25. The molecule has 2 aromatic carbocycles. The van der Waals surface area contributed by atoms with Crippen molar-refractivity contribution in [3.63, 3.8) is 0 Å². The summed E-state index contributed by atoms with van der Waals surface area (Å²) in [6.45, 7) is 1.59. The fourth-order valence-corrected chi connectivity index (χ4v) is 2.55. The number of ether oxygens (including phenoxy) is 1. The molecule has 2 atom stereocenters. The van der Waals surface area contributed by atoms with Crippen molar-refractivity contribution in [1.82, 2.24) is 5.32 Å². The van der Waals surface area contributed by atoms with Crippen molar-refractivity contribution >= 4 is 11.9 Å². The number of carboxylic acids is 1. The zero-order chi connectivity index (χ0) is 17.5. The molecule has 5 nitrogen and oxygen atoms in total. The van der Waals surface area contributed by atoms with Crippen molar-refractivity contribution in [2.75, 3.05) is 7.11 Å². The molecular weight excluding hydrogens is 306 g/mol. The van der Waals surface area contributed by atoms with Crippen LogP contribution in [0.3, 0.4) is 0 Å². The first-order chi connectivity index (χ1) is 11.5. The Hall–Kier alpha value is -2.82. The number of carboxylic acid groups (broad SMARTS) is 1. The van der Waals surface area contributed by atoms with Gasteiger partial charge >= 0.3 is 5.97 Å². The molecule has 2 unspecified atom stereocenters. The van der Waals surface area contributed by atoms with Gasteiger partial charge in [-0.25, -0.2) is 0 Å². The Morgan fingerprint density at radius 2 is 1.71 bits per heavy atom. The number of nitrogens with one attached hydrogen (secondary N) is 1. The number of methoxy groups -OCH3 is 1. The standard InChI is InChI=1S/C19H21NO4/c1-13(19(22)23)18(14-8-4-3-5-9-14)20-17(21)12-15-10-6-7-11-16(15)24-2/h3-11,13,18H,12H2,1-2H3,(H,20,21)(H,22,23). The van der Waals surface area contributed by atoms with Crippen LogP contribution in [0, 0.1) is 5.92 Å². The predicted octanol–water partition coefficient (Wildman–Crippen LogP) is 2.82. The number of benzene rings is 2. The maximum Gasteiger partial charge on any atom is 0.308 e. The molecule has 2 rings (SSSR count). The van der Waals surface area contributed by atoms with Gasteiger partial charge in [0.15, 0.2) is 0 Å². The second-order valence-corrected chi connectivity index (χ2v) is 5.57. The van der Waals surface area contributed by atoms with Crippen LogP contribution in [0.4, 0.5) is 0 Å². The van der Waals surface area contributed by atoms with Crippen molar-refractivity contribution in [3.05, 3.63) is 65.7 Å². The lowest BCUT2D eigenvalue weighted by atomic mass is 9.94. The normalized spacial score (nSPS) is 12.9. The Kier molecular flexibility index (Phi) is 5.95. The lowest BCUT2D eigenvalue weighted by Gasteiger charge is -2.23. The molecule has 1 amide bonds. The molecule has 0 aliphatic rings. The van der Waals surface area contributed by atoms with Crippen LogP contribution in [-0.4, -0.2) is 24.1 Å². The average molecular weight is 327 g/mol. The molecule has 2 aromatic rings. The number of hydrogen-bond donors (Lipinski definition) is 2. The second-order valence-electron chi connectivity index (χ2n) is 5.57. The molecule has 2 N–H and O–H groups in total. The summed E-state index contributed by atoms with van der Waals surface area (Å²) in [6.07, 6.45) is 0.125. The molecule has 0 radical (unpaired) electrons. The summed E-state index contributed by atoms with van der Waals surface area (Å²) in [5.41, 5.74) is 1.52. The monoisotopic (exact) mass is 327 g/mol. The van der Waals surface area contributed by atoms with Gasteiger partial charge < -0.3 is 15.2 Å². The molecule has 0 saturated carbocycles. The topological polar surface area (TPSA) is 75.6 Å². The first kappa shape index (κ1) is 17.5. The predicted molar refractivity (Wildman–Crippen MR) is 90.8 cm³/mol. The minimum atomic E-state index is -0.957. The van der Waals surface area contributed by atoms with Gasteiger partial charge in [-0.05, 0) is 18.6 Å². The smallest absolute Gasteiger partial charge is 0.308 e. The largest absolute Gasteiger partial charge is 0.496 e. The van der Waals surface area contributed by atoms with E-state index in [9.17, 15) is 14.7 Å². The van der Waals surface area contributed by atoms with E-state index in [1.54, 1.807) is 20.1 Å². The lowest BCUT2D eigenvalue weighted by molar-refractivity contribution is -0.142. The van der Waals surface area contributed by atoms with Crippen LogP contribution in [0.1, 0.15) is 24.1 Å². The fraction of sp³-hybridized carbons (Fsp3) is 0.263. The van der Waals surface area contributed by atoms with Crippen LogP contribution in [0.5, 0.6) is 5.75 Å². The second kappa shape index (κ2) is 8.15. The van der Waals surface area contributed by atoms with Gasteiger partial charge in [0.1, 0.15) is 5.75 Å². The maximum absolute atomic E-state index is 12.4. The van der Waals surface area contributed by atoms with Gasteiger partial charge in [-0.1, -0.05) is 48.5 Å². The molecule has 0 fully saturated rings. The first-order valence-corrected chi connectivity index (χ1v) is 7.72. The fourth-order valence-electron chi connectivity index (χ4n) is 2.55. The lowest BCUT2D eigenvalue weighted by Crippen LogP contribution is -2.36. The van der Waals surface area contributed by atoms with E-state index in [-0.39, 0.29) is 12.3 Å². The molecule has 0 aromatic heterocycles. The average Bonchev–Trinajstić information content (AvgIpc) is 2.60. The van der Waals surface area contributed by atoms with Gasteiger partial charge in [0.05, 0.1) is 25.5 Å². The number of para-hydroxylation sites is 1. The van der Waals surface area contributed by atoms with Gasteiger partial charge in [0.2, 0.25) is 5.91 Å². The molecular formula is C19H21NO4. The summed E-state index contributed by atoms with van der Waals surface area (Å²) in [5, 5.41) is 12.2. The third kappa shape index (κ3) is 4.35. The number of hydrogen-bond acceptors (Lipinski definition) is 3. The molecule has 0 spiro atoms. The van der Waals surface area contributed by atoms with E-state index in [4.69, 9.17) is 4.74 Å². The highest BCUT2D eigenvalue weighted by atomic mass is 16.5. The van der Waals surface area contributed by atoms with Gasteiger partial charge in [0, 0.05) is 5.56 Å². The molecule has 5 heteroatoms. The highest BCUT2D eigenvalue weighted by Gasteiger charge is 2.26. The zero-order valence-electron chi connectivity index (χ0n) is 13.7. The minimum absolute atomic E-state index is 0.125. The zero-order valence-corrected chi connectivity index (χ0v) is 13.7. The van der Waals surface area contributed by atoms with Crippen LogP contribution in [0.15, 0.2) is 54.6 Å². The molecule has 0 heterocycles. The molecule has 0 aliphatic heterocycles. The van der Waals surface area contributed by atoms with Crippen molar-refractivity contribution in [1.29, 1.82) is 0 Å². The number of carbonyl (C=O) groups is 2. The van der Waals surface area contributed by atoms with Crippen LogP contribution in [-0.2, 0) is 16.0 Å². The third-order valence-corrected chi connectivity index (χ3v) is 3.91. The van der Waals surface area contributed by atoms with Crippen LogP contribution in [0.25, 0.3) is 0 Å². The van der Waals surface area contributed by atoms with Gasteiger partial charge in [0.25, 0.3) is 0 Å².